The highest BCUT2D eigenvalue weighted by Gasteiger charge is 2.05. The van der Waals surface area contributed by atoms with E-state index in [0.717, 1.165) is 9.26 Å². The Morgan fingerprint density at radius 1 is 1.56 bits per heavy atom. The van der Waals surface area contributed by atoms with Gasteiger partial charge in [-0.25, -0.2) is 0 Å². The maximum absolute atomic E-state index is 11.5. The Morgan fingerprint density at radius 2 is 2.25 bits per heavy atom. The van der Waals surface area contributed by atoms with Gasteiger partial charge in [0, 0.05) is 15.7 Å². The summed E-state index contributed by atoms with van der Waals surface area (Å²) in [6.45, 7) is 3.71. The number of benzene rings is 1. The van der Waals surface area contributed by atoms with Crippen LogP contribution >= 0.6 is 22.6 Å². The van der Waals surface area contributed by atoms with E-state index in [4.69, 9.17) is 5.11 Å². The minimum Gasteiger partial charge on any atom is -0.393 e. The van der Waals surface area contributed by atoms with Crippen LogP contribution in [0.1, 0.15) is 25.3 Å². The molecule has 0 saturated carbocycles. The molecule has 1 atom stereocenters. The van der Waals surface area contributed by atoms with Crippen molar-refractivity contribution < 1.29 is 9.90 Å². The van der Waals surface area contributed by atoms with Crippen LogP contribution in [0, 0.1) is 10.5 Å². The maximum Gasteiger partial charge on any atom is 0.224 e. The SMILES string of the molecule is Cc1ccc(NC(=O)CCC(C)O)cc1I. The molecule has 0 radical (unpaired) electrons. The van der Waals surface area contributed by atoms with Crippen molar-refractivity contribution in [2.45, 2.75) is 32.8 Å². The number of amides is 1. The summed E-state index contributed by atoms with van der Waals surface area (Å²) in [7, 11) is 0. The van der Waals surface area contributed by atoms with Crippen LogP contribution in [-0.2, 0) is 4.79 Å². The van der Waals surface area contributed by atoms with Crippen molar-refractivity contribution in [2.24, 2.45) is 0 Å². The normalized spacial score (nSPS) is 12.2. The van der Waals surface area contributed by atoms with E-state index in [1.165, 1.54) is 5.56 Å². The Bertz CT molecular complexity index is 377. The lowest BCUT2D eigenvalue weighted by atomic mass is 10.2. The largest absolute Gasteiger partial charge is 0.393 e. The summed E-state index contributed by atoms with van der Waals surface area (Å²) in [5, 5.41) is 11.9. The number of aliphatic hydroxyl groups excluding tert-OH is 1. The second-order valence-electron chi connectivity index (χ2n) is 3.90. The van der Waals surface area contributed by atoms with Gasteiger partial charge in [-0.2, -0.15) is 0 Å². The number of hydrogen-bond donors (Lipinski definition) is 2. The predicted octanol–water partition coefficient (Wildman–Crippen LogP) is 2.70. The van der Waals surface area contributed by atoms with E-state index < -0.39 is 6.10 Å². The number of aryl methyl sites for hydroxylation is 1. The molecule has 0 saturated heterocycles. The first-order chi connectivity index (χ1) is 7.49. The average molecular weight is 333 g/mol. The molecule has 0 fully saturated rings. The zero-order valence-corrected chi connectivity index (χ0v) is 11.6. The van der Waals surface area contributed by atoms with Crippen molar-refractivity contribution in [2.75, 3.05) is 5.32 Å². The van der Waals surface area contributed by atoms with Crippen molar-refractivity contribution in [1.82, 2.24) is 0 Å². The molecule has 1 aromatic carbocycles. The van der Waals surface area contributed by atoms with Crippen molar-refractivity contribution >= 4 is 34.2 Å². The van der Waals surface area contributed by atoms with Crippen LogP contribution in [0.3, 0.4) is 0 Å². The number of rotatable bonds is 4. The second-order valence-corrected chi connectivity index (χ2v) is 5.06. The zero-order valence-electron chi connectivity index (χ0n) is 9.46. The van der Waals surface area contributed by atoms with Gasteiger partial charge < -0.3 is 10.4 Å². The molecule has 0 bridgehead atoms. The number of aliphatic hydroxyl groups is 1. The van der Waals surface area contributed by atoms with Crippen LogP contribution in [0.25, 0.3) is 0 Å². The van der Waals surface area contributed by atoms with Crippen LogP contribution in [0.2, 0.25) is 0 Å². The third-order valence-electron chi connectivity index (χ3n) is 2.24. The summed E-state index contributed by atoms with van der Waals surface area (Å²) in [5.41, 5.74) is 2.01. The van der Waals surface area contributed by atoms with Gasteiger partial charge in [-0.1, -0.05) is 6.07 Å². The second kappa shape index (κ2) is 6.20. The van der Waals surface area contributed by atoms with Crippen LogP contribution in [0.5, 0.6) is 0 Å². The minimum atomic E-state index is -0.427. The summed E-state index contributed by atoms with van der Waals surface area (Å²) in [6, 6.07) is 5.81. The molecule has 0 aliphatic rings. The molecule has 16 heavy (non-hydrogen) atoms. The number of halogens is 1. The van der Waals surface area contributed by atoms with Crippen LogP contribution in [0.4, 0.5) is 5.69 Å². The van der Waals surface area contributed by atoms with Gasteiger partial charge in [0.05, 0.1) is 6.10 Å². The van der Waals surface area contributed by atoms with Crippen LogP contribution < -0.4 is 5.32 Å². The van der Waals surface area contributed by atoms with E-state index in [9.17, 15) is 4.79 Å². The lowest BCUT2D eigenvalue weighted by molar-refractivity contribution is -0.116. The Labute approximate surface area is 109 Å². The van der Waals surface area contributed by atoms with E-state index in [0.29, 0.717) is 12.8 Å². The summed E-state index contributed by atoms with van der Waals surface area (Å²) >= 11 is 2.24. The van der Waals surface area contributed by atoms with Gasteiger partial charge >= 0.3 is 0 Å². The molecule has 0 aromatic heterocycles. The Kier molecular flexibility index (Phi) is 5.21. The Hall–Kier alpha value is -0.620. The van der Waals surface area contributed by atoms with Crippen LogP contribution in [0.15, 0.2) is 18.2 Å². The lowest BCUT2D eigenvalue weighted by Crippen LogP contribution is -2.14. The smallest absolute Gasteiger partial charge is 0.224 e. The number of nitrogens with one attached hydrogen (secondary N) is 1. The van der Waals surface area contributed by atoms with Gasteiger partial charge in [-0.15, -0.1) is 0 Å². The maximum atomic E-state index is 11.5. The number of hydrogen-bond acceptors (Lipinski definition) is 2. The molecule has 0 heterocycles. The zero-order chi connectivity index (χ0) is 12.1. The minimum absolute atomic E-state index is 0.0550. The van der Waals surface area contributed by atoms with Gasteiger partial charge in [0.2, 0.25) is 5.91 Å². The first-order valence-corrected chi connectivity index (χ1v) is 6.31. The monoisotopic (exact) mass is 333 g/mol. The molecule has 1 aromatic rings. The molecule has 3 nitrogen and oxygen atoms in total. The van der Waals surface area contributed by atoms with E-state index in [1.807, 2.05) is 25.1 Å². The molecule has 1 rings (SSSR count). The summed E-state index contributed by atoms with van der Waals surface area (Å²) < 4.78 is 1.13. The first-order valence-electron chi connectivity index (χ1n) is 5.23. The standard InChI is InChI=1S/C12H16INO2/c1-8-3-5-10(7-11(8)13)14-12(16)6-4-9(2)15/h3,5,7,9,15H,4,6H2,1-2H3,(H,14,16). The topological polar surface area (TPSA) is 49.3 Å². The Balaban J connectivity index is 2.53. The van der Waals surface area contributed by atoms with E-state index >= 15 is 0 Å². The first kappa shape index (κ1) is 13.4. The molecule has 1 amide bonds. The van der Waals surface area contributed by atoms with Gasteiger partial charge in [0.25, 0.3) is 0 Å². The molecular weight excluding hydrogens is 317 g/mol. The quantitative estimate of drug-likeness (QED) is 0.833. The summed E-state index contributed by atoms with van der Waals surface area (Å²) in [6.07, 6.45) is 0.417. The number of carbonyl (C=O) groups excluding carboxylic acids is 1. The third kappa shape index (κ3) is 4.49. The number of anilines is 1. The van der Waals surface area contributed by atoms with Crippen molar-refractivity contribution in [1.29, 1.82) is 0 Å². The molecule has 2 N–H and O–H groups in total. The summed E-state index contributed by atoms with van der Waals surface area (Å²) in [5.74, 6) is -0.0550. The molecule has 0 spiro atoms. The van der Waals surface area contributed by atoms with E-state index in [2.05, 4.69) is 27.9 Å². The summed E-state index contributed by atoms with van der Waals surface area (Å²) in [4.78, 5) is 11.5. The molecular formula is C12H16INO2. The molecule has 0 aliphatic carbocycles. The van der Waals surface area contributed by atoms with Gasteiger partial charge in [0.1, 0.15) is 0 Å². The highest BCUT2D eigenvalue weighted by atomic mass is 127. The van der Waals surface area contributed by atoms with Crippen molar-refractivity contribution in [3.63, 3.8) is 0 Å². The van der Waals surface area contributed by atoms with Crippen molar-refractivity contribution in [3.05, 3.63) is 27.3 Å². The third-order valence-corrected chi connectivity index (χ3v) is 3.41. The van der Waals surface area contributed by atoms with Crippen molar-refractivity contribution in [3.8, 4) is 0 Å². The predicted molar refractivity (Wildman–Crippen MR) is 73.4 cm³/mol. The Morgan fingerprint density at radius 3 is 2.81 bits per heavy atom. The lowest BCUT2D eigenvalue weighted by Gasteiger charge is -2.07. The molecule has 88 valence electrons. The fourth-order valence-corrected chi connectivity index (χ4v) is 1.75. The highest BCUT2D eigenvalue weighted by Crippen LogP contribution is 2.17. The molecule has 1 unspecified atom stereocenters. The fourth-order valence-electron chi connectivity index (χ4n) is 1.23. The highest BCUT2D eigenvalue weighted by molar-refractivity contribution is 14.1. The van der Waals surface area contributed by atoms with Gasteiger partial charge in [0.15, 0.2) is 0 Å². The average Bonchev–Trinajstić information content (AvgIpc) is 2.21. The van der Waals surface area contributed by atoms with E-state index in [-0.39, 0.29) is 5.91 Å². The van der Waals surface area contributed by atoms with E-state index in [1.54, 1.807) is 6.92 Å². The van der Waals surface area contributed by atoms with Crippen LogP contribution in [-0.4, -0.2) is 17.1 Å². The van der Waals surface area contributed by atoms with Gasteiger partial charge in [-0.3, -0.25) is 4.79 Å². The molecule has 4 heteroatoms. The fraction of sp³-hybridized carbons (Fsp3) is 0.417. The molecule has 0 aliphatic heterocycles. The van der Waals surface area contributed by atoms with Gasteiger partial charge in [-0.05, 0) is 60.6 Å². The number of carbonyl (C=O) groups is 1.